The molecule has 0 radical (unpaired) electrons. The van der Waals surface area contributed by atoms with E-state index in [-0.39, 0.29) is 22.5 Å². The molecule has 4 nitrogen and oxygen atoms in total. The van der Waals surface area contributed by atoms with E-state index in [0.29, 0.717) is 31.6 Å². The van der Waals surface area contributed by atoms with Crippen LogP contribution in [-0.4, -0.2) is 26.5 Å². The molecule has 0 saturated carbocycles. The predicted molar refractivity (Wildman–Crippen MR) is 158 cm³/mol. The van der Waals surface area contributed by atoms with Gasteiger partial charge >= 0.3 is 6.18 Å². The molecule has 0 unspecified atom stereocenters. The zero-order valence-corrected chi connectivity index (χ0v) is 27.4. The summed E-state index contributed by atoms with van der Waals surface area (Å²) in [4.78, 5) is 5.31. The third-order valence-electron chi connectivity index (χ3n) is 9.84. The van der Waals surface area contributed by atoms with Crippen LogP contribution in [0.25, 0.3) is 0 Å². The van der Waals surface area contributed by atoms with Gasteiger partial charge in [0.25, 0.3) is 0 Å². The van der Waals surface area contributed by atoms with E-state index in [1.54, 1.807) is 0 Å². The summed E-state index contributed by atoms with van der Waals surface area (Å²) in [6.07, 6.45) is -2.89. The van der Waals surface area contributed by atoms with Crippen molar-refractivity contribution < 1.29 is 31.5 Å². The highest BCUT2D eigenvalue weighted by Crippen LogP contribution is 2.59. The van der Waals surface area contributed by atoms with Crippen molar-refractivity contribution in [2.75, 3.05) is 13.2 Å². The molecule has 3 aliphatic rings. The highest BCUT2D eigenvalue weighted by atomic mass is 28.4. The smallest absolute Gasteiger partial charge is 0.410 e. The molecule has 5 rings (SSSR count). The lowest BCUT2D eigenvalue weighted by Gasteiger charge is -2.46. The first kappa shape index (κ1) is 31.6. The maximum absolute atomic E-state index is 15.0. The number of fused-ring (bicyclic) bond motifs is 4. The van der Waals surface area contributed by atoms with Gasteiger partial charge in [0.05, 0.1) is 17.3 Å². The molecule has 42 heavy (non-hydrogen) atoms. The van der Waals surface area contributed by atoms with Crippen LogP contribution in [0.2, 0.25) is 18.1 Å². The van der Waals surface area contributed by atoms with Crippen molar-refractivity contribution in [2.45, 2.75) is 122 Å². The summed E-state index contributed by atoms with van der Waals surface area (Å²) in [5.41, 5.74) is 3.23. The number of hydrogen-bond acceptors (Lipinski definition) is 4. The van der Waals surface area contributed by atoms with Crippen LogP contribution in [0.1, 0.15) is 125 Å². The van der Waals surface area contributed by atoms with Gasteiger partial charge in [-0.2, -0.15) is 13.2 Å². The fourth-order valence-electron chi connectivity index (χ4n) is 6.70. The molecule has 2 aliphatic heterocycles. The summed E-state index contributed by atoms with van der Waals surface area (Å²) in [6.45, 7) is 20.9. The van der Waals surface area contributed by atoms with Gasteiger partial charge in [-0.3, -0.25) is 4.98 Å². The first-order chi connectivity index (χ1) is 19.3. The Balaban J connectivity index is 1.78. The standard InChI is InChI=1S/C33H45F4NO3Si/c1-19(2)28-26-27(25-23(38-28)17-31(6,7)18-24(25)41-42(8,9)30(3,4)5)32(12-14-39-15-13-32)40-29(26)20-10-11-21(22(34)16-20)33(35,36)37/h10-11,16,19,24,29H,12-15,17-18H2,1-9H3/t24-,29+/m0/s1. The largest absolute Gasteiger partial charge is 0.419 e. The van der Waals surface area contributed by atoms with Crippen molar-refractivity contribution in [3.63, 3.8) is 0 Å². The second kappa shape index (κ2) is 10.4. The summed E-state index contributed by atoms with van der Waals surface area (Å²) in [5, 5.41) is -0.00359. The first-order valence-corrected chi connectivity index (χ1v) is 18.0. The lowest BCUT2D eigenvalue weighted by molar-refractivity contribution is -0.140. The molecule has 0 N–H and O–H groups in total. The Labute approximate surface area is 248 Å². The van der Waals surface area contributed by atoms with Gasteiger partial charge in [0.2, 0.25) is 0 Å². The van der Waals surface area contributed by atoms with E-state index in [9.17, 15) is 17.6 Å². The van der Waals surface area contributed by atoms with Crippen LogP contribution in [0.4, 0.5) is 17.6 Å². The van der Waals surface area contributed by atoms with E-state index in [1.807, 2.05) is 0 Å². The molecule has 1 aromatic carbocycles. The summed E-state index contributed by atoms with van der Waals surface area (Å²) >= 11 is 0. The van der Waals surface area contributed by atoms with Crippen LogP contribution < -0.4 is 0 Å². The van der Waals surface area contributed by atoms with Crippen LogP contribution >= 0.6 is 0 Å². The molecule has 2 atom stereocenters. The fourth-order valence-corrected chi connectivity index (χ4v) is 7.96. The van der Waals surface area contributed by atoms with Gasteiger partial charge in [0.15, 0.2) is 8.32 Å². The number of ether oxygens (including phenoxy) is 2. The van der Waals surface area contributed by atoms with Gasteiger partial charge in [-0.05, 0) is 65.6 Å². The van der Waals surface area contributed by atoms with Crippen molar-refractivity contribution in [1.29, 1.82) is 0 Å². The lowest BCUT2D eigenvalue weighted by atomic mass is 9.70. The minimum atomic E-state index is -4.77. The predicted octanol–water partition coefficient (Wildman–Crippen LogP) is 9.52. The number of hydrogen-bond donors (Lipinski definition) is 0. The second-order valence-corrected chi connectivity index (χ2v) is 19.8. The fraction of sp³-hybridized carbons (Fsp3) is 0.667. The summed E-state index contributed by atoms with van der Waals surface area (Å²) < 4.78 is 75.3. The molecule has 2 aromatic rings. The van der Waals surface area contributed by atoms with E-state index in [2.05, 4.69) is 61.6 Å². The van der Waals surface area contributed by atoms with Gasteiger partial charge in [-0.25, -0.2) is 4.39 Å². The molecule has 1 aromatic heterocycles. The Morgan fingerprint density at radius 1 is 1.05 bits per heavy atom. The number of halogens is 4. The van der Waals surface area contributed by atoms with Crippen molar-refractivity contribution >= 4 is 8.32 Å². The van der Waals surface area contributed by atoms with Crippen LogP contribution in [0.5, 0.6) is 0 Å². The van der Waals surface area contributed by atoms with Gasteiger partial charge in [-0.1, -0.05) is 54.5 Å². The molecular weight excluding hydrogens is 562 g/mol. The van der Waals surface area contributed by atoms with E-state index < -0.39 is 37.6 Å². The topological polar surface area (TPSA) is 40.6 Å². The zero-order chi connectivity index (χ0) is 31.0. The summed E-state index contributed by atoms with van der Waals surface area (Å²) in [5.74, 6) is -1.27. The molecule has 1 aliphatic carbocycles. The molecule has 1 spiro atoms. The van der Waals surface area contributed by atoms with Crippen molar-refractivity contribution in [2.24, 2.45) is 5.41 Å². The number of pyridine rings is 1. The quantitative estimate of drug-likeness (QED) is 0.256. The van der Waals surface area contributed by atoms with E-state index >= 15 is 0 Å². The minimum Gasteiger partial charge on any atom is -0.410 e. The van der Waals surface area contributed by atoms with Crippen molar-refractivity contribution in [1.82, 2.24) is 4.98 Å². The van der Waals surface area contributed by atoms with Crippen LogP contribution in [0.3, 0.4) is 0 Å². The molecule has 9 heteroatoms. The van der Waals surface area contributed by atoms with Crippen molar-refractivity contribution in [3.05, 3.63) is 63.2 Å². The average Bonchev–Trinajstić information content (AvgIpc) is 3.15. The zero-order valence-electron chi connectivity index (χ0n) is 26.4. The minimum absolute atomic E-state index is 0.00359. The number of rotatable bonds is 4. The molecule has 232 valence electrons. The Hall–Kier alpha value is -1.81. The number of alkyl halides is 3. The van der Waals surface area contributed by atoms with Gasteiger partial charge in [0.1, 0.15) is 11.9 Å². The number of nitrogens with zero attached hydrogens (tertiary/aromatic N) is 1. The molecule has 0 amide bonds. The van der Waals surface area contributed by atoms with Gasteiger partial charge in [0, 0.05) is 48.6 Å². The Kier molecular flexibility index (Phi) is 7.81. The Bertz CT molecular complexity index is 1360. The maximum Gasteiger partial charge on any atom is 0.419 e. The molecule has 1 fully saturated rings. The highest BCUT2D eigenvalue weighted by Gasteiger charge is 2.54. The van der Waals surface area contributed by atoms with Crippen molar-refractivity contribution in [3.8, 4) is 0 Å². The SMILES string of the molecule is CC(C)c1nc2c(c3c1[C@@H](c1ccc(C(F)(F)F)c(F)c1)OC31CCOCC1)[C@@H](O[Si](C)(C)C(C)(C)C)CC(C)(C)C2. The molecule has 3 heterocycles. The Morgan fingerprint density at radius 3 is 2.24 bits per heavy atom. The lowest BCUT2D eigenvalue weighted by Crippen LogP contribution is -2.45. The van der Waals surface area contributed by atoms with E-state index in [0.717, 1.165) is 53.1 Å². The summed E-state index contributed by atoms with van der Waals surface area (Å²) in [6, 6.07) is 3.18. The molecule has 1 saturated heterocycles. The monoisotopic (exact) mass is 607 g/mol. The second-order valence-electron chi connectivity index (χ2n) is 15.1. The molecular formula is C33H45F4NO3Si. The molecule has 0 bridgehead atoms. The average molecular weight is 608 g/mol. The van der Waals surface area contributed by atoms with Crippen LogP contribution in [-0.2, 0) is 32.1 Å². The van der Waals surface area contributed by atoms with E-state index in [4.69, 9.17) is 18.9 Å². The van der Waals surface area contributed by atoms with Crippen LogP contribution in [0.15, 0.2) is 18.2 Å². The third-order valence-corrected chi connectivity index (χ3v) is 14.3. The van der Waals surface area contributed by atoms with Gasteiger partial charge in [-0.15, -0.1) is 0 Å². The van der Waals surface area contributed by atoms with Crippen LogP contribution in [0, 0.1) is 11.2 Å². The first-order valence-electron chi connectivity index (χ1n) is 15.1. The van der Waals surface area contributed by atoms with Gasteiger partial charge < -0.3 is 13.9 Å². The van der Waals surface area contributed by atoms with E-state index in [1.165, 1.54) is 6.07 Å². The maximum atomic E-state index is 15.0. The highest BCUT2D eigenvalue weighted by molar-refractivity contribution is 6.74. The normalized spacial score (nSPS) is 23.8. The number of benzene rings is 1. The number of aromatic nitrogens is 1. The summed E-state index contributed by atoms with van der Waals surface area (Å²) in [7, 11) is -2.21. The third kappa shape index (κ3) is 5.48. The Morgan fingerprint density at radius 2 is 1.69 bits per heavy atom.